The van der Waals surface area contributed by atoms with Gasteiger partial charge in [-0.3, -0.25) is 0 Å². The van der Waals surface area contributed by atoms with Gasteiger partial charge in [-0.15, -0.1) is 0 Å². The molecule has 108 valence electrons. The first-order chi connectivity index (χ1) is 8.24. The summed E-state index contributed by atoms with van der Waals surface area (Å²) < 4.78 is 42.7. The first-order valence-corrected chi connectivity index (χ1v) is 6.84. The second-order valence-electron chi connectivity index (χ2n) is 5.95. The van der Waals surface area contributed by atoms with E-state index in [1.807, 2.05) is 0 Å². The molecule has 0 aliphatic heterocycles. The summed E-state index contributed by atoms with van der Waals surface area (Å²) in [5, 5.41) is 0. The Morgan fingerprint density at radius 1 is 1.33 bits per heavy atom. The zero-order valence-corrected chi connectivity index (χ0v) is 11.8. The Labute approximate surface area is 108 Å². The third kappa shape index (κ3) is 3.19. The highest BCUT2D eigenvalue weighted by Gasteiger charge is 2.61. The first-order valence-electron chi connectivity index (χ1n) is 6.84. The molecule has 4 unspecified atom stereocenters. The lowest BCUT2D eigenvalue weighted by Gasteiger charge is -2.35. The minimum absolute atomic E-state index is 0.0810. The van der Waals surface area contributed by atoms with E-state index >= 15 is 0 Å². The molecular weight excluding hydrogens is 241 g/mol. The third-order valence-corrected chi connectivity index (χ3v) is 4.78. The van der Waals surface area contributed by atoms with Crippen LogP contribution in [0.15, 0.2) is 0 Å². The molecule has 1 nitrogen and oxygen atoms in total. The zero-order valence-electron chi connectivity index (χ0n) is 11.8. The molecule has 2 aliphatic carbocycles. The predicted octanol–water partition coefficient (Wildman–Crippen LogP) is 4.81. The van der Waals surface area contributed by atoms with Crippen LogP contribution in [0.5, 0.6) is 0 Å². The Hall–Kier alpha value is -0.250. The molecule has 0 saturated heterocycles. The SMILES string of the molecule is CC1(C(F)(F)F)CC2CCC1C2.CCC(C)OC. The van der Waals surface area contributed by atoms with Gasteiger partial charge in [0.25, 0.3) is 0 Å². The van der Waals surface area contributed by atoms with Gasteiger partial charge in [0, 0.05) is 7.11 Å². The lowest BCUT2D eigenvalue weighted by molar-refractivity contribution is -0.234. The molecule has 2 aliphatic rings. The standard InChI is InChI=1S/C9H13F3.C5H12O/c1-8(9(10,11)12)5-6-2-3-7(8)4-6;1-4-5(2)6-3/h6-7H,2-5H2,1H3;5H,4H2,1-3H3. The number of rotatable bonds is 2. The zero-order chi connectivity index (χ0) is 14.0. The Morgan fingerprint density at radius 3 is 2.11 bits per heavy atom. The molecule has 2 bridgehead atoms. The van der Waals surface area contributed by atoms with Gasteiger partial charge >= 0.3 is 6.18 Å². The summed E-state index contributed by atoms with van der Waals surface area (Å²) in [5.74, 6) is 0.282. The summed E-state index contributed by atoms with van der Waals surface area (Å²) in [4.78, 5) is 0. The van der Waals surface area contributed by atoms with Gasteiger partial charge in [-0.05, 0) is 44.4 Å². The largest absolute Gasteiger partial charge is 0.394 e. The van der Waals surface area contributed by atoms with Crippen molar-refractivity contribution >= 4 is 0 Å². The molecule has 4 heteroatoms. The van der Waals surface area contributed by atoms with E-state index in [4.69, 9.17) is 4.74 Å². The van der Waals surface area contributed by atoms with E-state index in [1.165, 1.54) is 6.92 Å². The average molecular weight is 266 g/mol. The summed E-state index contributed by atoms with van der Waals surface area (Å²) in [6.45, 7) is 5.56. The molecule has 0 aromatic carbocycles. The molecule has 0 aromatic rings. The fraction of sp³-hybridized carbons (Fsp3) is 1.00. The fourth-order valence-electron chi connectivity index (χ4n) is 3.12. The summed E-state index contributed by atoms with van der Waals surface area (Å²) in [6.07, 6.45) is 0.572. The molecule has 4 atom stereocenters. The molecule has 0 spiro atoms. The van der Waals surface area contributed by atoms with Gasteiger partial charge < -0.3 is 4.74 Å². The number of ether oxygens (including phenoxy) is 1. The van der Waals surface area contributed by atoms with Crippen LogP contribution >= 0.6 is 0 Å². The van der Waals surface area contributed by atoms with E-state index in [2.05, 4.69) is 13.8 Å². The minimum Gasteiger partial charge on any atom is -0.382 e. The van der Waals surface area contributed by atoms with Crippen LogP contribution in [0.3, 0.4) is 0 Å². The van der Waals surface area contributed by atoms with Crippen molar-refractivity contribution in [3.8, 4) is 0 Å². The number of hydrogen-bond donors (Lipinski definition) is 0. The van der Waals surface area contributed by atoms with Gasteiger partial charge in [0.1, 0.15) is 0 Å². The third-order valence-electron chi connectivity index (χ3n) is 4.78. The second-order valence-corrected chi connectivity index (χ2v) is 5.95. The van der Waals surface area contributed by atoms with Crippen LogP contribution in [0.1, 0.15) is 52.9 Å². The molecule has 0 heterocycles. The summed E-state index contributed by atoms with van der Waals surface area (Å²) in [6, 6.07) is 0. The fourth-order valence-corrected chi connectivity index (χ4v) is 3.12. The summed E-state index contributed by atoms with van der Waals surface area (Å²) >= 11 is 0. The van der Waals surface area contributed by atoms with E-state index in [-0.39, 0.29) is 5.92 Å². The molecule has 2 saturated carbocycles. The Morgan fingerprint density at radius 2 is 1.94 bits per heavy atom. The van der Waals surface area contributed by atoms with Crippen molar-refractivity contribution in [2.24, 2.45) is 17.3 Å². The molecule has 2 rings (SSSR count). The average Bonchev–Trinajstić information content (AvgIpc) is 2.88. The number of methoxy groups -OCH3 is 1. The van der Waals surface area contributed by atoms with Crippen LogP contribution in [-0.2, 0) is 4.74 Å². The van der Waals surface area contributed by atoms with Gasteiger partial charge in [0.05, 0.1) is 11.5 Å². The van der Waals surface area contributed by atoms with E-state index < -0.39 is 11.6 Å². The van der Waals surface area contributed by atoms with Gasteiger partial charge in [-0.1, -0.05) is 20.3 Å². The monoisotopic (exact) mass is 266 g/mol. The lowest BCUT2D eigenvalue weighted by Crippen LogP contribution is -2.39. The van der Waals surface area contributed by atoms with Crippen LogP contribution in [0, 0.1) is 17.3 Å². The van der Waals surface area contributed by atoms with Crippen LogP contribution in [0.25, 0.3) is 0 Å². The molecule has 0 aromatic heterocycles. The highest BCUT2D eigenvalue weighted by Crippen LogP contribution is 2.62. The highest BCUT2D eigenvalue weighted by molar-refractivity contribution is 5.01. The molecule has 0 N–H and O–H groups in total. The predicted molar refractivity (Wildman–Crippen MR) is 66.4 cm³/mol. The molecule has 2 fully saturated rings. The molecular formula is C14H25F3O. The van der Waals surface area contributed by atoms with Crippen molar-refractivity contribution < 1.29 is 17.9 Å². The first kappa shape index (κ1) is 15.8. The molecule has 0 radical (unpaired) electrons. The van der Waals surface area contributed by atoms with Crippen LogP contribution in [-0.4, -0.2) is 19.4 Å². The van der Waals surface area contributed by atoms with E-state index in [9.17, 15) is 13.2 Å². The van der Waals surface area contributed by atoms with Crippen molar-refractivity contribution in [3.05, 3.63) is 0 Å². The van der Waals surface area contributed by atoms with Crippen molar-refractivity contribution in [1.82, 2.24) is 0 Å². The van der Waals surface area contributed by atoms with Crippen molar-refractivity contribution in [2.45, 2.75) is 65.2 Å². The Kier molecular flexibility index (Phi) is 5.10. The molecule has 0 amide bonds. The number of halogens is 3. The van der Waals surface area contributed by atoms with Gasteiger partial charge in [0.15, 0.2) is 0 Å². The molecule has 18 heavy (non-hydrogen) atoms. The van der Waals surface area contributed by atoms with E-state index in [0.717, 1.165) is 25.7 Å². The van der Waals surface area contributed by atoms with Gasteiger partial charge in [-0.25, -0.2) is 0 Å². The lowest BCUT2D eigenvalue weighted by atomic mass is 9.74. The number of alkyl halides is 3. The Bertz CT molecular complexity index is 260. The Balaban J connectivity index is 0.000000232. The van der Waals surface area contributed by atoms with Crippen molar-refractivity contribution in [1.29, 1.82) is 0 Å². The topological polar surface area (TPSA) is 9.23 Å². The van der Waals surface area contributed by atoms with Gasteiger partial charge in [0.2, 0.25) is 0 Å². The normalized spacial score (nSPS) is 36.2. The van der Waals surface area contributed by atoms with E-state index in [0.29, 0.717) is 18.4 Å². The maximum Gasteiger partial charge on any atom is 0.394 e. The maximum absolute atomic E-state index is 12.6. The van der Waals surface area contributed by atoms with Crippen LogP contribution < -0.4 is 0 Å². The highest BCUT2D eigenvalue weighted by atomic mass is 19.4. The van der Waals surface area contributed by atoms with Crippen LogP contribution in [0.2, 0.25) is 0 Å². The summed E-state index contributed by atoms with van der Waals surface area (Å²) in [5.41, 5.74) is -1.35. The number of fused-ring (bicyclic) bond motifs is 2. The van der Waals surface area contributed by atoms with Crippen molar-refractivity contribution in [3.63, 3.8) is 0 Å². The summed E-state index contributed by atoms with van der Waals surface area (Å²) in [7, 11) is 1.73. The van der Waals surface area contributed by atoms with Crippen molar-refractivity contribution in [2.75, 3.05) is 7.11 Å². The number of hydrogen-bond acceptors (Lipinski definition) is 1. The second kappa shape index (κ2) is 5.81. The maximum atomic E-state index is 12.6. The van der Waals surface area contributed by atoms with Crippen LogP contribution in [0.4, 0.5) is 13.2 Å². The van der Waals surface area contributed by atoms with Gasteiger partial charge in [-0.2, -0.15) is 13.2 Å². The smallest absolute Gasteiger partial charge is 0.382 e. The quantitative estimate of drug-likeness (QED) is 0.697. The van der Waals surface area contributed by atoms with E-state index in [1.54, 1.807) is 7.11 Å². The minimum atomic E-state index is -3.98.